The van der Waals surface area contributed by atoms with Gasteiger partial charge in [0.15, 0.2) is 0 Å². The molecule has 3 N–H and O–H groups in total. The van der Waals surface area contributed by atoms with Crippen LogP contribution in [0, 0.1) is 0 Å². The molecule has 2 aromatic heterocycles. The van der Waals surface area contributed by atoms with Crippen molar-refractivity contribution in [3.05, 3.63) is 24.3 Å². The van der Waals surface area contributed by atoms with Gasteiger partial charge < -0.3 is 10.7 Å². The van der Waals surface area contributed by atoms with E-state index in [4.69, 9.17) is 5.73 Å². The maximum atomic E-state index is 5.99. The number of rotatable bonds is 4. The number of H-pyrrole nitrogens is 1. The smallest absolute Gasteiger partial charge is 0.123 e. The summed E-state index contributed by atoms with van der Waals surface area (Å²) in [4.78, 5) is 7.55. The lowest BCUT2D eigenvalue weighted by Crippen LogP contribution is -2.11. The van der Waals surface area contributed by atoms with Gasteiger partial charge in [0.2, 0.25) is 0 Å². The lowest BCUT2D eigenvalue weighted by molar-refractivity contribution is 0.608. The zero-order chi connectivity index (χ0) is 11.5. The standard InChI is InChI=1S/C11H17N5/c1-3-4-8(12)11-13-7-9(15-11)10-5-6-14-16(10)2/h5-8H,3-4,12H2,1-2H3,(H,13,15). The Morgan fingerprint density at radius 1 is 1.56 bits per heavy atom. The summed E-state index contributed by atoms with van der Waals surface area (Å²) in [6, 6.07) is 1.94. The van der Waals surface area contributed by atoms with Crippen LogP contribution in [0.4, 0.5) is 0 Å². The van der Waals surface area contributed by atoms with Crippen molar-refractivity contribution in [2.24, 2.45) is 12.8 Å². The van der Waals surface area contributed by atoms with Crippen LogP contribution in [0.25, 0.3) is 11.4 Å². The lowest BCUT2D eigenvalue weighted by Gasteiger charge is -2.05. The van der Waals surface area contributed by atoms with Crippen molar-refractivity contribution in [2.75, 3.05) is 0 Å². The lowest BCUT2D eigenvalue weighted by atomic mass is 10.2. The van der Waals surface area contributed by atoms with Gasteiger partial charge in [0, 0.05) is 13.2 Å². The van der Waals surface area contributed by atoms with Crippen molar-refractivity contribution in [3.8, 4) is 11.4 Å². The molecule has 0 saturated heterocycles. The summed E-state index contributed by atoms with van der Waals surface area (Å²) in [5.41, 5.74) is 7.97. The molecule has 2 rings (SSSR count). The predicted octanol–water partition coefficient (Wildman–Crippen LogP) is 1.61. The van der Waals surface area contributed by atoms with Gasteiger partial charge in [-0.2, -0.15) is 5.10 Å². The molecule has 0 aliphatic heterocycles. The molecule has 0 spiro atoms. The Morgan fingerprint density at radius 2 is 2.38 bits per heavy atom. The summed E-state index contributed by atoms with van der Waals surface area (Å²) in [5.74, 6) is 0.845. The van der Waals surface area contributed by atoms with Crippen LogP contribution in [-0.4, -0.2) is 19.7 Å². The van der Waals surface area contributed by atoms with Crippen LogP contribution >= 0.6 is 0 Å². The quantitative estimate of drug-likeness (QED) is 0.820. The molecule has 0 bridgehead atoms. The fraction of sp³-hybridized carbons (Fsp3) is 0.455. The minimum atomic E-state index is -0.00743. The van der Waals surface area contributed by atoms with Crippen molar-refractivity contribution >= 4 is 0 Å². The Labute approximate surface area is 94.7 Å². The summed E-state index contributed by atoms with van der Waals surface area (Å²) in [6.45, 7) is 2.12. The number of hydrogen-bond donors (Lipinski definition) is 2. The van der Waals surface area contributed by atoms with Crippen LogP contribution in [0.2, 0.25) is 0 Å². The van der Waals surface area contributed by atoms with Crippen LogP contribution in [0.5, 0.6) is 0 Å². The number of aromatic amines is 1. The minimum Gasteiger partial charge on any atom is -0.339 e. The second-order valence-electron chi connectivity index (χ2n) is 3.92. The highest BCUT2D eigenvalue weighted by atomic mass is 15.3. The van der Waals surface area contributed by atoms with Gasteiger partial charge in [-0.25, -0.2) is 4.98 Å². The van der Waals surface area contributed by atoms with E-state index in [9.17, 15) is 0 Å². The summed E-state index contributed by atoms with van der Waals surface area (Å²) in [6.07, 6.45) is 5.57. The molecular formula is C11H17N5. The predicted molar refractivity (Wildman–Crippen MR) is 62.6 cm³/mol. The monoisotopic (exact) mass is 219 g/mol. The van der Waals surface area contributed by atoms with Gasteiger partial charge >= 0.3 is 0 Å². The van der Waals surface area contributed by atoms with E-state index >= 15 is 0 Å². The topological polar surface area (TPSA) is 72.5 Å². The molecule has 2 aromatic rings. The maximum Gasteiger partial charge on any atom is 0.123 e. The van der Waals surface area contributed by atoms with Crippen molar-refractivity contribution in [2.45, 2.75) is 25.8 Å². The van der Waals surface area contributed by atoms with E-state index in [2.05, 4.69) is 22.0 Å². The molecule has 5 heteroatoms. The molecule has 0 aliphatic rings. The number of nitrogens with two attached hydrogens (primary N) is 1. The average Bonchev–Trinajstić information content (AvgIpc) is 2.86. The second-order valence-corrected chi connectivity index (χ2v) is 3.92. The third-order valence-corrected chi connectivity index (χ3v) is 2.64. The van der Waals surface area contributed by atoms with Crippen LogP contribution in [0.3, 0.4) is 0 Å². The van der Waals surface area contributed by atoms with Gasteiger partial charge in [-0.05, 0) is 12.5 Å². The zero-order valence-electron chi connectivity index (χ0n) is 9.64. The number of nitrogens with zero attached hydrogens (tertiary/aromatic N) is 3. The van der Waals surface area contributed by atoms with Gasteiger partial charge in [0.1, 0.15) is 5.82 Å². The summed E-state index contributed by atoms with van der Waals surface area (Å²) >= 11 is 0. The molecule has 0 saturated carbocycles. The van der Waals surface area contributed by atoms with Crippen LogP contribution in [0.1, 0.15) is 31.6 Å². The van der Waals surface area contributed by atoms with Gasteiger partial charge in [-0.15, -0.1) is 0 Å². The first-order chi connectivity index (χ1) is 7.72. The summed E-state index contributed by atoms with van der Waals surface area (Å²) in [7, 11) is 1.90. The molecule has 5 nitrogen and oxygen atoms in total. The first-order valence-electron chi connectivity index (χ1n) is 5.51. The van der Waals surface area contributed by atoms with E-state index in [1.807, 2.05) is 24.0 Å². The van der Waals surface area contributed by atoms with Crippen molar-refractivity contribution in [1.82, 2.24) is 19.7 Å². The normalized spacial score (nSPS) is 12.9. The second kappa shape index (κ2) is 4.49. The molecule has 1 atom stereocenters. The Balaban J connectivity index is 2.23. The highest BCUT2D eigenvalue weighted by Crippen LogP contribution is 2.19. The van der Waals surface area contributed by atoms with E-state index in [0.29, 0.717) is 0 Å². The molecule has 0 aromatic carbocycles. The Morgan fingerprint density at radius 3 is 3.00 bits per heavy atom. The van der Waals surface area contributed by atoms with E-state index in [0.717, 1.165) is 30.1 Å². The van der Waals surface area contributed by atoms with Gasteiger partial charge in [0.05, 0.1) is 23.6 Å². The van der Waals surface area contributed by atoms with Crippen LogP contribution in [0.15, 0.2) is 18.5 Å². The Hall–Kier alpha value is -1.62. The van der Waals surface area contributed by atoms with Gasteiger partial charge in [0.25, 0.3) is 0 Å². The van der Waals surface area contributed by atoms with Gasteiger partial charge in [-0.3, -0.25) is 4.68 Å². The van der Waals surface area contributed by atoms with E-state index < -0.39 is 0 Å². The fourth-order valence-electron chi connectivity index (χ4n) is 1.74. The third kappa shape index (κ3) is 1.99. The van der Waals surface area contributed by atoms with E-state index in [1.54, 1.807) is 6.20 Å². The number of hydrogen-bond acceptors (Lipinski definition) is 3. The molecule has 0 amide bonds. The summed E-state index contributed by atoms with van der Waals surface area (Å²) in [5, 5.41) is 4.12. The highest BCUT2D eigenvalue weighted by Gasteiger charge is 2.11. The fourth-order valence-corrected chi connectivity index (χ4v) is 1.74. The third-order valence-electron chi connectivity index (χ3n) is 2.64. The molecule has 1 unspecified atom stereocenters. The SMILES string of the molecule is CCCC(N)c1ncc(-c2ccnn2C)[nH]1. The first-order valence-corrected chi connectivity index (χ1v) is 5.51. The molecule has 16 heavy (non-hydrogen) atoms. The number of nitrogens with one attached hydrogen (secondary N) is 1. The minimum absolute atomic E-state index is 0.00743. The van der Waals surface area contributed by atoms with Crippen molar-refractivity contribution in [1.29, 1.82) is 0 Å². The molecule has 0 fully saturated rings. The zero-order valence-corrected chi connectivity index (χ0v) is 9.64. The van der Waals surface area contributed by atoms with E-state index in [-0.39, 0.29) is 6.04 Å². The number of aryl methyl sites for hydroxylation is 1. The average molecular weight is 219 g/mol. The van der Waals surface area contributed by atoms with Crippen LogP contribution < -0.4 is 5.73 Å². The first kappa shape index (κ1) is 10.9. The van der Waals surface area contributed by atoms with Crippen LogP contribution in [-0.2, 0) is 7.05 Å². The summed E-state index contributed by atoms with van der Waals surface area (Å²) < 4.78 is 1.81. The number of aromatic nitrogens is 4. The number of imidazole rings is 1. The maximum absolute atomic E-state index is 5.99. The molecule has 0 radical (unpaired) electrons. The van der Waals surface area contributed by atoms with Gasteiger partial charge in [-0.1, -0.05) is 13.3 Å². The van der Waals surface area contributed by atoms with Crippen molar-refractivity contribution < 1.29 is 0 Å². The largest absolute Gasteiger partial charge is 0.339 e. The Bertz CT molecular complexity index is 456. The molecule has 2 heterocycles. The molecular weight excluding hydrogens is 202 g/mol. The molecule has 86 valence electrons. The Kier molecular flexibility index (Phi) is 3.05. The highest BCUT2D eigenvalue weighted by molar-refractivity contribution is 5.53. The van der Waals surface area contributed by atoms with E-state index in [1.165, 1.54) is 0 Å². The molecule has 0 aliphatic carbocycles. The van der Waals surface area contributed by atoms with Crippen molar-refractivity contribution in [3.63, 3.8) is 0 Å².